The Morgan fingerprint density at radius 2 is 2.10 bits per heavy atom. The molecule has 1 aromatic rings. The first-order valence-corrected chi connectivity index (χ1v) is 6.87. The van der Waals surface area contributed by atoms with Gasteiger partial charge in [0, 0.05) is 12.2 Å². The molecule has 3 N–H and O–H groups in total. The molecule has 0 aliphatic heterocycles. The molecule has 1 fully saturated rings. The predicted octanol–water partition coefficient (Wildman–Crippen LogP) is 2.88. The van der Waals surface area contributed by atoms with Crippen molar-refractivity contribution in [2.45, 2.75) is 19.8 Å². The standard InChI is InChI=1S/C13H14BrFN2O3/c1-7-4-8(14)9(15)5-10(7)17-12(20)16-6-13(2-3-13)11(18)19/h4-5H,2-3,6H2,1H3,(H,18,19)(H2,16,17,20). The summed E-state index contributed by atoms with van der Waals surface area (Å²) in [5.74, 6) is -1.38. The van der Waals surface area contributed by atoms with E-state index in [1.807, 2.05) is 0 Å². The molecule has 20 heavy (non-hydrogen) atoms. The van der Waals surface area contributed by atoms with Crippen molar-refractivity contribution in [2.75, 3.05) is 11.9 Å². The van der Waals surface area contributed by atoms with Crippen molar-refractivity contribution >= 4 is 33.6 Å². The summed E-state index contributed by atoms with van der Waals surface area (Å²) in [4.78, 5) is 22.7. The minimum absolute atomic E-state index is 0.0756. The lowest BCUT2D eigenvalue weighted by molar-refractivity contribution is -0.143. The van der Waals surface area contributed by atoms with E-state index in [1.54, 1.807) is 13.0 Å². The van der Waals surface area contributed by atoms with E-state index in [2.05, 4.69) is 26.6 Å². The van der Waals surface area contributed by atoms with Gasteiger partial charge in [-0.1, -0.05) is 0 Å². The van der Waals surface area contributed by atoms with Crippen LogP contribution in [-0.2, 0) is 4.79 Å². The highest BCUT2D eigenvalue weighted by Gasteiger charge is 2.50. The van der Waals surface area contributed by atoms with E-state index in [9.17, 15) is 14.0 Å². The zero-order chi connectivity index (χ0) is 14.9. The molecule has 108 valence electrons. The topological polar surface area (TPSA) is 78.4 Å². The van der Waals surface area contributed by atoms with Crippen molar-refractivity contribution in [1.82, 2.24) is 5.32 Å². The van der Waals surface area contributed by atoms with Gasteiger partial charge in [-0.15, -0.1) is 0 Å². The van der Waals surface area contributed by atoms with E-state index >= 15 is 0 Å². The Morgan fingerprint density at radius 1 is 1.45 bits per heavy atom. The van der Waals surface area contributed by atoms with Crippen molar-refractivity contribution in [3.63, 3.8) is 0 Å². The molecule has 2 rings (SSSR count). The number of hydrogen-bond donors (Lipinski definition) is 3. The lowest BCUT2D eigenvalue weighted by Gasteiger charge is -2.13. The van der Waals surface area contributed by atoms with E-state index in [1.165, 1.54) is 6.07 Å². The van der Waals surface area contributed by atoms with Crippen LogP contribution in [0.25, 0.3) is 0 Å². The van der Waals surface area contributed by atoms with Gasteiger partial charge in [0.1, 0.15) is 5.82 Å². The van der Waals surface area contributed by atoms with E-state index in [0.29, 0.717) is 28.6 Å². The zero-order valence-electron chi connectivity index (χ0n) is 10.8. The Kier molecular flexibility index (Phi) is 3.99. The van der Waals surface area contributed by atoms with Crippen molar-refractivity contribution in [1.29, 1.82) is 0 Å². The van der Waals surface area contributed by atoms with Crippen LogP contribution >= 0.6 is 15.9 Å². The van der Waals surface area contributed by atoms with Crippen LogP contribution in [0.1, 0.15) is 18.4 Å². The van der Waals surface area contributed by atoms with E-state index in [0.717, 1.165) is 0 Å². The quantitative estimate of drug-likeness (QED) is 0.785. The normalized spacial score (nSPS) is 15.6. The van der Waals surface area contributed by atoms with E-state index in [4.69, 9.17) is 5.11 Å². The second kappa shape index (κ2) is 5.40. The molecule has 0 saturated heterocycles. The molecule has 0 bridgehead atoms. The monoisotopic (exact) mass is 344 g/mol. The number of rotatable bonds is 4. The molecule has 0 unspecified atom stereocenters. The molecule has 0 spiro atoms. The number of halogens is 2. The molecule has 2 amide bonds. The minimum atomic E-state index is -0.899. The summed E-state index contributed by atoms with van der Waals surface area (Å²) in [6, 6.07) is 2.23. The molecule has 0 heterocycles. The Balaban J connectivity index is 1.95. The maximum atomic E-state index is 13.4. The van der Waals surface area contributed by atoms with Gasteiger partial charge in [-0.05, 0) is 53.4 Å². The molecule has 0 radical (unpaired) electrons. The summed E-state index contributed by atoms with van der Waals surface area (Å²) in [7, 11) is 0. The molecule has 0 atom stereocenters. The van der Waals surface area contributed by atoms with Crippen LogP contribution in [0, 0.1) is 18.2 Å². The van der Waals surface area contributed by atoms with Gasteiger partial charge in [-0.2, -0.15) is 0 Å². The van der Waals surface area contributed by atoms with Crippen molar-refractivity contribution in [2.24, 2.45) is 5.41 Å². The molecule has 5 nitrogen and oxygen atoms in total. The summed E-state index contributed by atoms with van der Waals surface area (Å²) in [6.07, 6.45) is 1.13. The maximum absolute atomic E-state index is 13.4. The minimum Gasteiger partial charge on any atom is -0.481 e. The second-order valence-electron chi connectivity index (χ2n) is 4.97. The SMILES string of the molecule is Cc1cc(Br)c(F)cc1NC(=O)NCC1(C(=O)O)CC1. The summed E-state index contributed by atoms with van der Waals surface area (Å²) < 4.78 is 13.7. The summed E-state index contributed by atoms with van der Waals surface area (Å²) in [6.45, 7) is 1.81. The number of urea groups is 1. The van der Waals surface area contributed by atoms with Crippen LogP contribution in [0.15, 0.2) is 16.6 Å². The number of aliphatic carboxylic acids is 1. The van der Waals surface area contributed by atoms with Gasteiger partial charge >= 0.3 is 12.0 Å². The van der Waals surface area contributed by atoms with Crippen LogP contribution < -0.4 is 10.6 Å². The Morgan fingerprint density at radius 3 is 2.65 bits per heavy atom. The lowest BCUT2D eigenvalue weighted by atomic mass is 10.1. The largest absolute Gasteiger partial charge is 0.481 e. The number of carboxylic acids is 1. The van der Waals surface area contributed by atoms with Gasteiger partial charge in [0.25, 0.3) is 0 Å². The van der Waals surface area contributed by atoms with Crippen molar-refractivity contribution in [3.8, 4) is 0 Å². The zero-order valence-corrected chi connectivity index (χ0v) is 12.4. The lowest BCUT2D eigenvalue weighted by Crippen LogP contribution is -2.37. The fraction of sp³-hybridized carbons (Fsp3) is 0.385. The number of carbonyl (C=O) groups is 2. The molecule has 7 heteroatoms. The Bertz CT molecular complexity index is 573. The molecule has 1 aliphatic rings. The highest BCUT2D eigenvalue weighted by atomic mass is 79.9. The first kappa shape index (κ1) is 14.8. The third-order valence-corrected chi connectivity index (χ3v) is 4.02. The number of amides is 2. The third kappa shape index (κ3) is 3.09. The van der Waals surface area contributed by atoms with Gasteiger partial charge in [0.05, 0.1) is 9.89 Å². The van der Waals surface area contributed by atoms with E-state index < -0.39 is 23.2 Å². The highest BCUT2D eigenvalue weighted by Crippen LogP contribution is 2.45. The number of benzene rings is 1. The highest BCUT2D eigenvalue weighted by molar-refractivity contribution is 9.10. The summed E-state index contributed by atoms with van der Waals surface area (Å²) in [5.41, 5.74) is 0.230. The third-order valence-electron chi connectivity index (χ3n) is 3.41. The first-order chi connectivity index (χ1) is 9.34. The van der Waals surface area contributed by atoms with Gasteiger partial charge < -0.3 is 15.7 Å². The predicted molar refractivity (Wildman–Crippen MR) is 75.2 cm³/mol. The molecule has 1 aliphatic carbocycles. The summed E-state index contributed by atoms with van der Waals surface area (Å²) in [5, 5.41) is 14.0. The molecule has 0 aromatic heterocycles. The van der Waals surface area contributed by atoms with Crippen LogP contribution in [0.3, 0.4) is 0 Å². The average Bonchev–Trinajstić information content (AvgIpc) is 3.15. The molecule has 1 aromatic carbocycles. The van der Waals surface area contributed by atoms with Gasteiger partial charge in [0.15, 0.2) is 0 Å². The fourth-order valence-corrected chi connectivity index (χ4v) is 2.27. The second-order valence-corrected chi connectivity index (χ2v) is 5.83. The molecule has 1 saturated carbocycles. The van der Waals surface area contributed by atoms with Crippen LogP contribution in [0.5, 0.6) is 0 Å². The van der Waals surface area contributed by atoms with Gasteiger partial charge in [-0.25, -0.2) is 9.18 Å². The van der Waals surface area contributed by atoms with Gasteiger partial charge in [0.2, 0.25) is 0 Å². The number of carbonyl (C=O) groups excluding carboxylic acids is 1. The van der Waals surface area contributed by atoms with Crippen molar-refractivity contribution in [3.05, 3.63) is 28.0 Å². The van der Waals surface area contributed by atoms with Gasteiger partial charge in [-0.3, -0.25) is 4.79 Å². The number of carboxylic acid groups (broad SMARTS) is 1. The number of anilines is 1. The van der Waals surface area contributed by atoms with Crippen LogP contribution in [-0.4, -0.2) is 23.7 Å². The Hall–Kier alpha value is -1.63. The molecular formula is C13H14BrFN2O3. The Labute approximate surface area is 123 Å². The smallest absolute Gasteiger partial charge is 0.319 e. The molecular weight excluding hydrogens is 331 g/mol. The first-order valence-electron chi connectivity index (χ1n) is 6.08. The van der Waals surface area contributed by atoms with E-state index in [-0.39, 0.29) is 6.54 Å². The number of aryl methyl sites for hydroxylation is 1. The number of hydrogen-bond acceptors (Lipinski definition) is 2. The van der Waals surface area contributed by atoms with Crippen LogP contribution in [0.4, 0.5) is 14.9 Å². The maximum Gasteiger partial charge on any atom is 0.319 e. The average molecular weight is 345 g/mol. The number of nitrogens with one attached hydrogen (secondary N) is 2. The van der Waals surface area contributed by atoms with Crippen LogP contribution in [0.2, 0.25) is 0 Å². The fourth-order valence-electron chi connectivity index (χ4n) is 1.81. The van der Waals surface area contributed by atoms with Crippen molar-refractivity contribution < 1.29 is 19.1 Å². The summed E-state index contributed by atoms with van der Waals surface area (Å²) >= 11 is 3.06.